The second-order valence-corrected chi connectivity index (χ2v) is 7.84. The van der Waals surface area contributed by atoms with Gasteiger partial charge in [-0.25, -0.2) is 0 Å². The summed E-state index contributed by atoms with van der Waals surface area (Å²) < 4.78 is 29.0. The summed E-state index contributed by atoms with van der Waals surface area (Å²) >= 11 is 0. The van der Waals surface area contributed by atoms with Gasteiger partial charge in [-0.1, -0.05) is 6.58 Å². The zero-order valence-electron chi connectivity index (χ0n) is 15.2. The summed E-state index contributed by atoms with van der Waals surface area (Å²) in [4.78, 5) is 4.51. The van der Waals surface area contributed by atoms with E-state index in [1.54, 1.807) is 0 Å². The molecule has 0 aromatic rings. The summed E-state index contributed by atoms with van der Waals surface area (Å²) in [6.45, 7) is 7.56. The van der Waals surface area contributed by atoms with E-state index in [9.17, 15) is 13.9 Å². The van der Waals surface area contributed by atoms with Gasteiger partial charge in [-0.05, 0) is 45.4 Å². The SMILES string of the molecule is C=C(C)N(C1NC[C@@H]1O)[C@H](C)C1CCC(N2CC(OC(F)F)C2)CC1. The smallest absolute Gasteiger partial charge is 0.345 e. The van der Waals surface area contributed by atoms with Gasteiger partial charge in [0.05, 0.1) is 6.10 Å². The molecule has 0 radical (unpaired) electrons. The van der Waals surface area contributed by atoms with E-state index in [1.165, 1.54) is 0 Å². The van der Waals surface area contributed by atoms with Gasteiger partial charge in [0.1, 0.15) is 12.3 Å². The van der Waals surface area contributed by atoms with E-state index in [4.69, 9.17) is 0 Å². The van der Waals surface area contributed by atoms with Crippen LogP contribution in [0.5, 0.6) is 0 Å². The maximum Gasteiger partial charge on any atom is 0.345 e. The Balaban J connectivity index is 1.46. The van der Waals surface area contributed by atoms with Crippen molar-refractivity contribution < 1.29 is 18.6 Å². The van der Waals surface area contributed by atoms with Crippen molar-refractivity contribution in [2.45, 2.75) is 76.6 Å². The van der Waals surface area contributed by atoms with Gasteiger partial charge >= 0.3 is 6.61 Å². The Bertz CT molecular complexity index is 465. The molecule has 7 heteroatoms. The number of ether oxygens (including phenoxy) is 1. The van der Waals surface area contributed by atoms with Gasteiger partial charge in [0, 0.05) is 37.4 Å². The summed E-state index contributed by atoms with van der Waals surface area (Å²) in [6.07, 6.45) is 3.78. The molecule has 25 heavy (non-hydrogen) atoms. The normalized spacial score (nSPS) is 35.1. The maximum absolute atomic E-state index is 12.2. The van der Waals surface area contributed by atoms with Crippen molar-refractivity contribution in [3.63, 3.8) is 0 Å². The fraction of sp³-hybridized carbons (Fsp3) is 0.889. The number of β-amino-alcohol motifs (C(OH)–C–C–N with tert-alkyl or cyclic N) is 1. The first-order valence-electron chi connectivity index (χ1n) is 9.39. The van der Waals surface area contributed by atoms with Gasteiger partial charge in [0.25, 0.3) is 0 Å². The third kappa shape index (κ3) is 4.15. The highest BCUT2D eigenvalue weighted by Gasteiger charge is 2.41. The molecule has 3 atom stereocenters. The highest BCUT2D eigenvalue weighted by Crippen LogP contribution is 2.35. The van der Waals surface area contributed by atoms with Gasteiger partial charge in [-0.2, -0.15) is 8.78 Å². The average molecular weight is 359 g/mol. The Morgan fingerprint density at radius 2 is 1.92 bits per heavy atom. The van der Waals surface area contributed by atoms with Crippen LogP contribution in [-0.4, -0.2) is 71.6 Å². The van der Waals surface area contributed by atoms with Crippen LogP contribution in [0.25, 0.3) is 0 Å². The van der Waals surface area contributed by atoms with Gasteiger partial charge in [-0.3, -0.25) is 10.2 Å². The number of nitrogens with one attached hydrogen (secondary N) is 1. The standard InChI is InChI=1S/C18H31F2N3O2/c1-11(2)23(17-16(24)8-21-17)12(3)13-4-6-14(7-5-13)22-9-15(10-22)25-18(19)20/h12-18,21,24H,1,4-10H2,2-3H3/t12-,13?,14?,16+,17?/m1/s1. The molecular formula is C18H31F2N3O2. The zero-order valence-corrected chi connectivity index (χ0v) is 15.2. The number of rotatable bonds is 7. The molecule has 3 rings (SSSR count). The lowest BCUT2D eigenvalue weighted by molar-refractivity contribution is -0.202. The molecule has 2 N–H and O–H groups in total. The van der Waals surface area contributed by atoms with Crippen LogP contribution in [0.15, 0.2) is 12.3 Å². The summed E-state index contributed by atoms with van der Waals surface area (Å²) in [5, 5.41) is 13.3. The molecule has 2 heterocycles. The van der Waals surface area contributed by atoms with E-state index in [-0.39, 0.29) is 18.4 Å². The monoisotopic (exact) mass is 359 g/mol. The van der Waals surface area contributed by atoms with E-state index >= 15 is 0 Å². The zero-order chi connectivity index (χ0) is 18.1. The number of aliphatic hydroxyl groups is 1. The molecule has 0 aromatic carbocycles. The van der Waals surface area contributed by atoms with Gasteiger partial charge in [-0.15, -0.1) is 0 Å². The molecule has 3 fully saturated rings. The highest BCUT2D eigenvalue weighted by atomic mass is 19.3. The van der Waals surface area contributed by atoms with Crippen LogP contribution in [-0.2, 0) is 4.74 Å². The number of allylic oxidation sites excluding steroid dienone is 1. The van der Waals surface area contributed by atoms with E-state index in [2.05, 4.69) is 33.4 Å². The molecule has 2 aliphatic heterocycles. The Hall–Kier alpha value is -0.760. The first-order valence-corrected chi connectivity index (χ1v) is 9.39. The van der Waals surface area contributed by atoms with Gasteiger partial charge in [0.15, 0.2) is 0 Å². The number of likely N-dealkylation sites (tertiary alicyclic amines) is 1. The molecule has 144 valence electrons. The minimum Gasteiger partial charge on any atom is -0.388 e. The van der Waals surface area contributed by atoms with Crippen molar-refractivity contribution in [1.29, 1.82) is 0 Å². The topological polar surface area (TPSA) is 48.0 Å². The minimum atomic E-state index is -2.66. The molecule has 0 aromatic heterocycles. The molecule has 0 spiro atoms. The van der Waals surface area contributed by atoms with Crippen LogP contribution in [0.3, 0.4) is 0 Å². The molecule has 2 saturated heterocycles. The van der Waals surface area contributed by atoms with Crippen molar-refractivity contribution >= 4 is 0 Å². The van der Waals surface area contributed by atoms with Crippen molar-refractivity contribution in [1.82, 2.24) is 15.1 Å². The summed E-state index contributed by atoms with van der Waals surface area (Å²) in [5.41, 5.74) is 0.987. The Morgan fingerprint density at radius 1 is 1.28 bits per heavy atom. The van der Waals surface area contributed by atoms with E-state index in [0.717, 1.165) is 31.4 Å². The number of hydrogen-bond donors (Lipinski definition) is 2. The third-order valence-electron chi connectivity index (χ3n) is 6.19. The van der Waals surface area contributed by atoms with Gasteiger partial charge < -0.3 is 14.7 Å². The predicted octanol–water partition coefficient (Wildman–Crippen LogP) is 1.98. The lowest BCUT2D eigenvalue weighted by Crippen LogP contribution is -2.67. The van der Waals surface area contributed by atoms with Crippen molar-refractivity contribution in [3.05, 3.63) is 12.3 Å². The summed E-state index contributed by atoms with van der Waals surface area (Å²) in [6, 6.07) is 0.823. The van der Waals surface area contributed by atoms with Crippen molar-refractivity contribution in [2.75, 3.05) is 19.6 Å². The quantitative estimate of drug-likeness (QED) is 0.728. The van der Waals surface area contributed by atoms with Crippen LogP contribution in [0.4, 0.5) is 8.78 Å². The third-order valence-corrected chi connectivity index (χ3v) is 6.19. The Kier molecular flexibility index (Phi) is 5.98. The van der Waals surface area contributed by atoms with E-state index in [0.29, 0.717) is 37.6 Å². The molecule has 5 nitrogen and oxygen atoms in total. The van der Waals surface area contributed by atoms with Crippen molar-refractivity contribution in [2.24, 2.45) is 5.92 Å². The lowest BCUT2D eigenvalue weighted by Gasteiger charge is -2.51. The van der Waals surface area contributed by atoms with Crippen LogP contribution in [0.1, 0.15) is 39.5 Å². The molecule has 0 bridgehead atoms. The van der Waals surface area contributed by atoms with Crippen LogP contribution in [0, 0.1) is 5.92 Å². The van der Waals surface area contributed by atoms with Crippen LogP contribution >= 0.6 is 0 Å². The van der Waals surface area contributed by atoms with Crippen LogP contribution < -0.4 is 5.32 Å². The summed E-state index contributed by atoms with van der Waals surface area (Å²) in [7, 11) is 0. The highest BCUT2D eigenvalue weighted by molar-refractivity contribution is 5.03. The lowest BCUT2D eigenvalue weighted by atomic mass is 9.79. The number of halogens is 2. The number of aliphatic hydroxyl groups excluding tert-OH is 1. The molecule has 1 aliphatic carbocycles. The molecular weight excluding hydrogens is 328 g/mol. The first-order chi connectivity index (χ1) is 11.9. The van der Waals surface area contributed by atoms with Gasteiger partial charge in [0.2, 0.25) is 0 Å². The Labute approximate surface area is 149 Å². The first kappa shape index (κ1) is 19.0. The summed E-state index contributed by atoms with van der Waals surface area (Å²) in [5.74, 6) is 0.567. The number of nitrogens with zero attached hydrogens (tertiary/aromatic N) is 2. The second-order valence-electron chi connectivity index (χ2n) is 7.84. The van der Waals surface area contributed by atoms with E-state index in [1.807, 2.05) is 6.92 Å². The number of hydrogen-bond acceptors (Lipinski definition) is 5. The molecule has 1 unspecified atom stereocenters. The van der Waals surface area contributed by atoms with Crippen LogP contribution in [0.2, 0.25) is 0 Å². The van der Waals surface area contributed by atoms with Crippen molar-refractivity contribution in [3.8, 4) is 0 Å². The molecule has 1 saturated carbocycles. The largest absolute Gasteiger partial charge is 0.388 e. The fourth-order valence-corrected chi connectivity index (χ4v) is 4.63. The van der Waals surface area contributed by atoms with E-state index < -0.39 is 6.61 Å². The molecule has 0 amide bonds. The molecule has 3 aliphatic rings. The Morgan fingerprint density at radius 3 is 2.36 bits per heavy atom. The fourth-order valence-electron chi connectivity index (χ4n) is 4.63. The maximum atomic E-state index is 12.2. The average Bonchev–Trinajstić information content (AvgIpc) is 2.53. The minimum absolute atomic E-state index is 0.0205. The predicted molar refractivity (Wildman–Crippen MR) is 92.1 cm³/mol. The number of alkyl halides is 2. The second kappa shape index (κ2) is 7.86.